The highest BCUT2D eigenvalue weighted by Gasteiger charge is 2.50. The molecule has 1 unspecified atom stereocenters. The van der Waals surface area contributed by atoms with Crippen molar-refractivity contribution in [3.63, 3.8) is 0 Å². The fraction of sp³-hybridized carbons (Fsp3) is 0.647. The third-order valence-electron chi connectivity index (χ3n) is 4.82. The van der Waals surface area contributed by atoms with Gasteiger partial charge in [-0.15, -0.1) is 0 Å². The van der Waals surface area contributed by atoms with Gasteiger partial charge in [-0.25, -0.2) is 9.34 Å². The molecular weight excluding hydrogens is 369 g/mol. The van der Waals surface area contributed by atoms with Crippen LogP contribution in [0.15, 0.2) is 18.2 Å². The number of likely N-dealkylation sites (N-methyl/N-ethyl adjacent to an activating group) is 2. The summed E-state index contributed by atoms with van der Waals surface area (Å²) in [4.78, 5) is 15.0. The second-order valence-corrected chi connectivity index (χ2v) is 9.70. The average Bonchev–Trinajstić information content (AvgIpc) is 3.49. The van der Waals surface area contributed by atoms with Crippen LogP contribution in [-0.4, -0.2) is 79.6 Å². The molecule has 0 spiro atoms. The lowest BCUT2D eigenvalue weighted by Crippen LogP contribution is -2.29. The highest BCUT2D eigenvalue weighted by Crippen LogP contribution is 2.63. The zero-order valence-corrected chi connectivity index (χ0v) is 17.3. The number of nitrogens with zero attached hydrogens (tertiary/aromatic N) is 5. The maximum Gasteiger partial charge on any atom is 0.346 e. The topological polar surface area (TPSA) is 81.9 Å². The molecule has 9 nitrogen and oxygen atoms in total. The van der Waals surface area contributed by atoms with Gasteiger partial charge >= 0.3 is 7.67 Å². The SMILES string of the molecule is CC(OP(=O)(N1CC1)N1CC1)c1ccc([N+](=O)[O-])c(N(C)CCN(C)C)c1. The fourth-order valence-corrected chi connectivity index (χ4v) is 5.25. The maximum atomic E-state index is 13.2. The second kappa shape index (κ2) is 7.85. The van der Waals surface area contributed by atoms with E-state index in [1.54, 1.807) is 12.1 Å². The van der Waals surface area contributed by atoms with Crippen LogP contribution < -0.4 is 4.90 Å². The number of nitro groups is 1. The molecule has 2 aliphatic rings. The summed E-state index contributed by atoms with van der Waals surface area (Å²) >= 11 is 0. The Kier molecular flexibility index (Phi) is 5.88. The summed E-state index contributed by atoms with van der Waals surface area (Å²) in [5.74, 6) is 0. The van der Waals surface area contributed by atoms with Gasteiger partial charge in [-0.1, -0.05) is 0 Å². The molecule has 1 aromatic rings. The predicted octanol–water partition coefficient (Wildman–Crippen LogP) is 2.41. The van der Waals surface area contributed by atoms with E-state index >= 15 is 0 Å². The van der Waals surface area contributed by atoms with Gasteiger partial charge < -0.3 is 9.80 Å². The molecule has 2 fully saturated rings. The third kappa shape index (κ3) is 4.67. The Hall–Kier alpha value is -1.51. The Morgan fingerprint density at radius 3 is 2.26 bits per heavy atom. The number of anilines is 1. The minimum atomic E-state index is -2.95. The van der Waals surface area contributed by atoms with Gasteiger partial charge in [0.25, 0.3) is 5.69 Å². The van der Waals surface area contributed by atoms with E-state index in [1.165, 1.54) is 6.07 Å². The van der Waals surface area contributed by atoms with E-state index in [1.807, 2.05) is 47.2 Å². The minimum Gasteiger partial charge on any atom is -0.368 e. The van der Waals surface area contributed by atoms with Gasteiger partial charge in [0.2, 0.25) is 0 Å². The Balaban J connectivity index is 1.81. The number of rotatable bonds is 10. The Bertz CT molecular complexity index is 735. The zero-order chi connectivity index (χ0) is 19.8. The van der Waals surface area contributed by atoms with Crippen molar-refractivity contribution in [2.75, 3.05) is 65.3 Å². The van der Waals surface area contributed by atoms with Crippen molar-refractivity contribution in [3.05, 3.63) is 33.9 Å². The molecule has 1 aromatic carbocycles. The van der Waals surface area contributed by atoms with Crippen molar-refractivity contribution in [2.45, 2.75) is 13.0 Å². The third-order valence-corrected chi connectivity index (χ3v) is 7.64. The van der Waals surface area contributed by atoms with E-state index in [-0.39, 0.29) is 10.6 Å². The first-order valence-electron chi connectivity index (χ1n) is 9.16. The maximum absolute atomic E-state index is 13.2. The lowest BCUT2D eigenvalue weighted by molar-refractivity contribution is -0.384. The van der Waals surface area contributed by atoms with Gasteiger partial charge in [-0.2, -0.15) is 0 Å². The quantitative estimate of drug-likeness (QED) is 0.258. The zero-order valence-electron chi connectivity index (χ0n) is 16.4. The van der Waals surface area contributed by atoms with Gasteiger partial charge in [0.15, 0.2) is 0 Å². The molecule has 0 aliphatic carbocycles. The van der Waals surface area contributed by atoms with Crippen LogP contribution in [0.2, 0.25) is 0 Å². The second-order valence-electron chi connectivity index (χ2n) is 7.38. The van der Waals surface area contributed by atoms with Crippen LogP contribution in [0.5, 0.6) is 0 Å². The number of hydrogen-bond acceptors (Lipinski definition) is 6. The number of benzene rings is 1. The lowest BCUT2D eigenvalue weighted by atomic mass is 10.1. The largest absolute Gasteiger partial charge is 0.368 e. The van der Waals surface area contributed by atoms with Gasteiger partial charge in [0.1, 0.15) is 5.69 Å². The van der Waals surface area contributed by atoms with Crippen LogP contribution in [0, 0.1) is 10.1 Å². The van der Waals surface area contributed by atoms with Crippen LogP contribution in [-0.2, 0) is 9.09 Å². The van der Waals surface area contributed by atoms with Crippen LogP contribution in [0.1, 0.15) is 18.6 Å². The van der Waals surface area contributed by atoms with E-state index in [4.69, 9.17) is 4.52 Å². The molecule has 0 N–H and O–H groups in total. The molecular formula is C17H28N5O4P. The van der Waals surface area contributed by atoms with E-state index in [0.29, 0.717) is 12.2 Å². The Morgan fingerprint density at radius 1 is 1.19 bits per heavy atom. The van der Waals surface area contributed by atoms with E-state index in [0.717, 1.165) is 38.3 Å². The van der Waals surface area contributed by atoms with Gasteiger partial charge in [-0.3, -0.25) is 19.2 Å². The molecule has 0 saturated carbocycles. The average molecular weight is 397 g/mol. The van der Waals surface area contributed by atoms with Gasteiger partial charge in [0.05, 0.1) is 11.0 Å². The summed E-state index contributed by atoms with van der Waals surface area (Å²) in [6.07, 6.45) is -0.418. The van der Waals surface area contributed by atoms with Crippen molar-refractivity contribution in [3.8, 4) is 0 Å². The molecule has 10 heteroatoms. The fourth-order valence-electron chi connectivity index (χ4n) is 2.90. The molecule has 0 bridgehead atoms. The van der Waals surface area contributed by atoms with Crippen molar-refractivity contribution >= 4 is 19.0 Å². The molecule has 0 aromatic heterocycles. The highest BCUT2D eigenvalue weighted by atomic mass is 31.2. The molecule has 2 saturated heterocycles. The first kappa shape index (κ1) is 20.2. The first-order valence-corrected chi connectivity index (χ1v) is 10.7. The van der Waals surface area contributed by atoms with Crippen molar-refractivity contribution in [1.82, 2.24) is 14.2 Å². The van der Waals surface area contributed by atoms with Gasteiger partial charge in [-0.05, 0) is 38.7 Å². The van der Waals surface area contributed by atoms with Crippen molar-refractivity contribution < 1.29 is 14.0 Å². The Morgan fingerprint density at radius 2 is 1.78 bits per heavy atom. The van der Waals surface area contributed by atoms with Gasteiger partial charge in [0, 0.05) is 52.4 Å². The monoisotopic (exact) mass is 397 g/mol. The Labute approximate surface area is 160 Å². The normalized spacial score (nSPS) is 18.6. The highest BCUT2D eigenvalue weighted by molar-refractivity contribution is 7.54. The summed E-state index contributed by atoms with van der Waals surface area (Å²) in [5.41, 5.74) is 1.39. The smallest absolute Gasteiger partial charge is 0.346 e. The predicted molar refractivity (Wildman–Crippen MR) is 105 cm³/mol. The lowest BCUT2D eigenvalue weighted by Gasteiger charge is -2.26. The summed E-state index contributed by atoms with van der Waals surface area (Å²) in [5, 5.41) is 11.4. The van der Waals surface area contributed by atoms with E-state index in [9.17, 15) is 14.7 Å². The summed E-state index contributed by atoms with van der Waals surface area (Å²) in [7, 11) is 2.83. The van der Waals surface area contributed by atoms with Crippen molar-refractivity contribution in [1.29, 1.82) is 0 Å². The molecule has 27 heavy (non-hydrogen) atoms. The van der Waals surface area contributed by atoms with Crippen molar-refractivity contribution in [2.24, 2.45) is 0 Å². The molecule has 150 valence electrons. The standard InChI is InChI=1S/C17H28N5O4P/c1-14(26-27(25,20-9-10-20)21-11-12-21)15-5-6-16(22(23)24)17(13-15)19(4)8-7-18(2)3/h5-6,13-14H,7-12H2,1-4H3. The molecule has 1 atom stereocenters. The molecule has 0 radical (unpaired) electrons. The summed E-state index contributed by atoms with van der Waals surface area (Å²) < 4.78 is 22.9. The van der Waals surface area contributed by atoms with Crippen LogP contribution in [0.4, 0.5) is 11.4 Å². The first-order chi connectivity index (χ1) is 12.7. The summed E-state index contributed by atoms with van der Waals surface area (Å²) in [6.45, 7) is 6.46. The molecule has 2 aliphatic heterocycles. The number of nitro benzene ring substituents is 1. The summed E-state index contributed by atoms with van der Waals surface area (Å²) in [6, 6.07) is 4.99. The van der Waals surface area contributed by atoms with Crippen LogP contribution in [0.25, 0.3) is 0 Å². The molecule has 2 heterocycles. The number of hydrogen-bond donors (Lipinski definition) is 0. The minimum absolute atomic E-state index is 0.0623. The van der Waals surface area contributed by atoms with Crippen LogP contribution in [0.3, 0.4) is 0 Å². The molecule has 3 rings (SSSR count). The van der Waals surface area contributed by atoms with Crippen LogP contribution >= 0.6 is 7.67 Å². The molecule has 0 amide bonds. The van der Waals surface area contributed by atoms with E-state index < -0.39 is 13.8 Å². The van der Waals surface area contributed by atoms with E-state index in [2.05, 4.69) is 0 Å².